The van der Waals surface area contributed by atoms with E-state index < -0.39 is 0 Å². The van der Waals surface area contributed by atoms with E-state index in [4.69, 9.17) is 27.9 Å². The molecule has 0 aliphatic heterocycles. The molecule has 2 N–H and O–H groups in total. The van der Waals surface area contributed by atoms with E-state index in [1.165, 1.54) is 0 Å². The van der Waals surface area contributed by atoms with Crippen molar-refractivity contribution < 1.29 is 4.74 Å². The van der Waals surface area contributed by atoms with Gasteiger partial charge in [0, 0.05) is 34.0 Å². The molecule has 3 aromatic rings. The lowest BCUT2D eigenvalue weighted by atomic mass is 10.2. The Balaban J connectivity index is 1.71. The predicted molar refractivity (Wildman–Crippen MR) is 102 cm³/mol. The zero-order chi connectivity index (χ0) is 17.6. The first-order chi connectivity index (χ1) is 12.1. The van der Waals surface area contributed by atoms with Crippen LogP contribution >= 0.6 is 23.2 Å². The smallest absolute Gasteiger partial charge is 0.229 e. The van der Waals surface area contributed by atoms with Crippen LogP contribution in [-0.4, -0.2) is 17.1 Å². The fourth-order valence-corrected chi connectivity index (χ4v) is 2.83. The van der Waals surface area contributed by atoms with E-state index in [-0.39, 0.29) is 0 Å². The minimum atomic E-state index is 0.448. The van der Waals surface area contributed by atoms with E-state index in [0.717, 1.165) is 17.0 Å². The lowest BCUT2D eigenvalue weighted by molar-refractivity contribution is 0.410. The number of nitrogens with one attached hydrogen (secondary N) is 2. The summed E-state index contributed by atoms with van der Waals surface area (Å²) >= 11 is 12.0. The van der Waals surface area contributed by atoms with Gasteiger partial charge in [-0.2, -0.15) is 4.98 Å². The van der Waals surface area contributed by atoms with Gasteiger partial charge in [0.15, 0.2) is 0 Å². The number of rotatable bonds is 6. The van der Waals surface area contributed by atoms with Crippen LogP contribution in [0, 0.1) is 0 Å². The number of anilines is 3. The van der Waals surface area contributed by atoms with Crippen LogP contribution in [0.1, 0.15) is 5.56 Å². The Morgan fingerprint density at radius 3 is 2.56 bits per heavy atom. The first kappa shape index (κ1) is 17.3. The Kier molecular flexibility index (Phi) is 5.58. The average Bonchev–Trinajstić information content (AvgIpc) is 2.59. The standard InChI is InChI=1S/C18H16Cl2N4O/c1-25-16-5-3-2-4-12(16)11-22-17-6-7-21-18(24-17)23-15-9-13(19)8-14(20)10-15/h2-10H,11H2,1H3,(H2,21,22,23,24). The third-order valence-corrected chi connectivity index (χ3v) is 3.86. The molecule has 0 unspecified atom stereocenters. The van der Waals surface area contributed by atoms with Crippen molar-refractivity contribution in [1.29, 1.82) is 0 Å². The Morgan fingerprint density at radius 1 is 1.04 bits per heavy atom. The van der Waals surface area contributed by atoms with E-state index in [1.54, 1.807) is 37.6 Å². The van der Waals surface area contributed by atoms with E-state index in [9.17, 15) is 0 Å². The molecule has 0 saturated carbocycles. The minimum absolute atomic E-state index is 0.448. The van der Waals surface area contributed by atoms with Crippen molar-refractivity contribution >= 4 is 40.7 Å². The summed E-state index contributed by atoms with van der Waals surface area (Å²) in [5.74, 6) is 1.97. The zero-order valence-corrected chi connectivity index (χ0v) is 15.0. The Bertz CT molecular complexity index is 853. The quantitative estimate of drug-likeness (QED) is 0.624. The highest BCUT2D eigenvalue weighted by Gasteiger charge is 2.05. The first-order valence-corrected chi connectivity index (χ1v) is 8.31. The topological polar surface area (TPSA) is 59.1 Å². The van der Waals surface area contributed by atoms with Crippen LogP contribution in [0.25, 0.3) is 0 Å². The van der Waals surface area contributed by atoms with Gasteiger partial charge in [-0.05, 0) is 30.3 Å². The van der Waals surface area contributed by atoms with Gasteiger partial charge in [0.25, 0.3) is 0 Å². The molecule has 1 heterocycles. The lowest BCUT2D eigenvalue weighted by Crippen LogP contribution is -2.05. The third kappa shape index (κ3) is 4.75. The molecule has 0 fully saturated rings. The van der Waals surface area contributed by atoms with Gasteiger partial charge >= 0.3 is 0 Å². The molecular weight excluding hydrogens is 359 g/mol. The second kappa shape index (κ2) is 8.05. The molecule has 128 valence electrons. The molecule has 0 amide bonds. The number of methoxy groups -OCH3 is 1. The zero-order valence-electron chi connectivity index (χ0n) is 13.5. The maximum absolute atomic E-state index is 6.00. The molecule has 2 aromatic carbocycles. The number of hydrogen-bond donors (Lipinski definition) is 2. The molecule has 0 saturated heterocycles. The second-order valence-electron chi connectivity index (χ2n) is 5.21. The summed E-state index contributed by atoms with van der Waals surface area (Å²) in [4.78, 5) is 8.65. The molecule has 0 bridgehead atoms. The number of aromatic nitrogens is 2. The van der Waals surface area contributed by atoms with Crippen molar-refractivity contribution in [2.45, 2.75) is 6.54 Å². The van der Waals surface area contributed by atoms with Crippen LogP contribution < -0.4 is 15.4 Å². The van der Waals surface area contributed by atoms with Crippen LogP contribution in [0.15, 0.2) is 54.7 Å². The van der Waals surface area contributed by atoms with Crippen LogP contribution in [0.2, 0.25) is 10.0 Å². The third-order valence-electron chi connectivity index (χ3n) is 3.43. The molecule has 0 spiro atoms. The van der Waals surface area contributed by atoms with Crippen LogP contribution in [0.3, 0.4) is 0 Å². The Hall–Kier alpha value is -2.50. The number of ether oxygens (including phenoxy) is 1. The van der Waals surface area contributed by atoms with Gasteiger partial charge in [-0.1, -0.05) is 41.4 Å². The van der Waals surface area contributed by atoms with Crippen LogP contribution in [0.5, 0.6) is 5.75 Å². The van der Waals surface area contributed by atoms with Gasteiger partial charge in [-0.25, -0.2) is 4.98 Å². The summed E-state index contributed by atoms with van der Waals surface area (Å²) in [6.45, 7) is 0.587. The van der Waals surface area contributed by atoms with Crippen LogP contribution in [0.4, 0.5) is 17.5 Å². The highest BCUT2D eigenvalue weighted by Crippen LogP contribution is 2.24. The lowest BCUT2D eigenvalue weighted by Gasteiger charge is -2.11. The minimum Gasteiger partial charge on any atom is -0.496 e. The summed E-state index contributed by atoms with van der Waals surface area (Å²) in [7, 11) is 1.65. The number of benzene rings is 2. The highest BCUT2D eigenvalue weighted by molar-refractivity contribution is 6.35. The van der Waals surface area contributed by atoms with Gasteiger partial charge in [0.2, 0.25) is 5.95 Å². The van der Waals surface area contributed by atoms with Crippen molar-refractivity contribution in [1.82, 2.24) is 9.97 Å². The molecule has 5 nitrogen and oxygen atoms in total. The van der Waals surface area contributed by atoms with Crippen molar-refractivity contribution in [3.05, 3.63) is 70.3 Å². The maximum atomic E-state index is 6.00. The fraction of sp³-hybridized carbons (Fsp3) is 0.111. The van der Waals surface area contributed by atoms with Gasteiger partial charge in [0.1, 0.15) is 11.6 Å². The number of nitrogens with zero attached hydrogens (tertiary/aromatic N) is 2. The van der Waals surface area contributed by atoms with Crippen molar-refractivity contribution in [3.8, 4) is 5.75 Å². The number of para-hydroxylation sites is 1. The molecule has 0 aliphatic rings. The van der Waals surface area contributed by atoms with Crippen molar-refractivity contribution in [2.75, 3.05) is 17.7 Å². The van der Waals surface area contributed by atoms with Gasteiger partial charge in [0.05, 0.1) is 7.11 Å². The number of halogens is 2. The number of hydrogen-bond acceptors (Lipinski definition) is 5. The Labute approximate surface area is 156 Å². The average molecular weight is 375 g/mol. The molecule has 25 heavy (non-hydrogen) atoms. The summed E-state index contributed by atoms with van der Waals surface area (Å²) in [5.41, 5.74) is 1.76. The van der Waals surface area contributed by atoms with E-state index in [0.29, 0.717) is 28.4 Å². The molecule has 3 rings (SSSR count). The maximum Gasteiger partial charge on any atom is 0.229 e. The van der Waals surface area contributed by atoms with Crippen molar-refractivity contribution in [3.63, 3.8) is 0 Å². The largest absolute Gasteiger partial charge is 0.496 e. The van der Waals surface area contributed by atoms with Gasteiger partial charge in [-0.3, -0.25) is 0 Å². The molecule has 1 aromatic heterocycles. The monoisotopic (exact) mass is 374 g/mol. The molecule has 0 atom stereocenters. The molecular formula is C18H16Cl2N4O. The molecule has 7 heteroatoms. The summed E-state index contributed by atoms with van der Waals surface area (Å²) in [6.07, 6.45) is 1.67. The SMILES string of the molecule is COc1ccccc1CNc1ccnc(Nc2cc(Cl)cc(Cl)c2)n1. The van der Waals surface area contributed by atoms with Crippen LogP contribution in [-0.2, 0) is 6.54 Å². The molecule has 0 radical (unpaired) electrons. The van der Waals surface area contributed by atoms with E-state index in [1.807, 2.05) is 24.3 Å². The predicted octanol–water partition coefficient (Wildman–Crippen LogP) is 5.15. The molecule has 0 aliphatic carbocycles. The van der Waals surface area contributed by atoms with Crippen molar-refractivity contribution in [2.24, 2.45) is 0 Å². The first-order valence-electron chi connectivity index (χ1n) is 7.56. The summed E-state index contributed by atoms with van der Waals surface area (Å²) < 4.78 is 5.35. The second-order valence-corrected chi connectivity index (χ2v) is 6.09. The normalized spacial score (nSPS) is 10.4. The highest BCUT2D eigenvalue weighted by atomic mass is 35.5. The Morgan fingerprint density at radius 2 is 1.80 bits per heavy atom. The van der Waals surface area contributed by atoms with Gasteiger partial charge < -0.3 is 15.4 Å². The van der Waals surface area contributed by atoms with Gasteiger partial charge in [-0.15, -0.1) is 0 Å². The summed E-state index contributed by atoms with van der Waals surface area (Å²) in [6, 6.07) is 14.8. The van der Waals surface area contributed by atoms with E-state index in [2.05, 4.69) is 20.6 Å². The fourth-order valence-electron chi connectivity index (χ4n) is 2.31. The summed E-state index contributed by atoms with van der Waals surface area (Å²) in [5, 5.41) is 7.44. The van der Waals surface area contributed by atoms with E-state index >= 15 is 0 Å².